The molecule has 1 aromatic rings. The summed E-state index contributed by atoms with van der Waals surface area (Å²) in [7, 11) is 0. The second-order valence-corrected chi connectivity index (χ2v) is 7.09. The fourth-order valence-corrected chi connectivity index (χ4v) is 2.12. The number of carbonyl (C=O) groups excluding carboxylic acids is 1. The molecule has 23 heavy (non-hydrogen) atoms. The maximum atomic E-state index is 12.3. The number of rotatable bonds is 7. The van der Waals surface area contributed by atoms with Crippen molar-refractivity contribution in [1.29, 1.82) is 0 Å². The molecule has 0 bridgehead atoms. The Bertz CT molecular complexity index is 480. The normalized spacial score (nSPS) is 12.8. The van der Waals surface area contributed by atoms with Gasteiger partial charge in [0.05, 0.1) is 11.4 Å². The first kappa shape index (κ1) is 19.4. The quantitative estimate of drug-likeness (QED) is 0.750. The van der Waals surface area contributed by atoms with Gasteiger partial charge in [0.25, 0.3) is 0 Å². The largest absolute Gasteiger partial charge is 0.444 e. The summed E-state index contributed by atoms with van der Waals surface area (Å²) in [5.41, 5.74) is 1.42. The number of nitrogens with zero attached hydrogens (tertiary/aromatic N) is 3. The Labute approximate surface area is 140 Å². The van der Waals surface area contributed by atoms with Crippen LogP contribution in [0.3, 0.4) is 0 Å². The molecule has 0 aliphatic carbocycles. The summed E-state index contributed by atoms with van der Waals surface area (Å²) in [4.78, 5) is 22.9. The van der Waals surface area contributed by atoms with E-state index in [0.717, 1.165) is 37.2 Å². The molecule has 1 aromatic heterocycles. The highest BCUT2D eigenvalue weighted by molar-refractivity contribution is 5.68. The van der Waals surface area contributed by atoms with Gasteiger partial charge in [-0.05, 0) is 40.5 Å². The van der Waals surface area contributed by atoms with Crippen LogP contribution in [0.25, 0.3) is 0 Å². The van der Waals surface area contributed by atoms with E-state index >= 15 is 0 Å². The lowest BCUT2D eigenvalue weighted by atomic mass is 10.0. The first-order valence-electron chi connectivity index (χ1n) is 8.49. The number of hydrogen-bond donors (Lipinski definition) is 0. The number of ether oxygens (including phenoxy) is 1. The SMILES string of the molecule is CCCCN(CCC(C)c1cnc(C)cn1)C(=O)OC(C)(C)C. The van der Waals surface area contributed by atoms with Gasteiger partial charge in [-0.1, -0.05) is 20.3 Å². The van der Waals surface area contributed by atoms with Gasteiger partial charge in [-0.2, -0.15) is 0 Å². The molecule has 0 aromatic carbocycles. The van der Waals surface area contributed by atoms with Gasteiger partial charge in [0, 0.05) is 31.4 Å². The highest BCUT2D eigenvalue weighted by atomic mass is 16.6. The van der Waals surface area contributed by atoms with Gasteiger partial charge in [0.15, 0.2) is 0 Å². The van der Waals surface area contributed by atoms with Gasteiger partial charge in [-0.15, -0.1) is 0 Å². The molecule has 0 fully saturated rings. The molecule has 0 spiro atoms. The average molecular weight is 321 g/mol. The molecule has 5 heteroatoms. The first-order chi connectivity index (χ1) is 10.7. The van der Waals surface area contributed by atoms with E-state index in [1.165, 1.54) is 0 Å². The molecule has 130 valence electrons. The number of amides is 1. The van der Waals surface area contributed by atoms with E-state index < -0.39 is 5.60 Å². The standard InChI is InChI=1S/C18H31N3O2/c1-7-8-10-21(17(22)23-18(4,5)6)11-9-14(2)16-13-19-15(3)12-20-16/h12-14H,7-11H2,1-6H3. The van der Waals surface area contributed by atoms with Gasteiger partial charge in [0.1, 0.15) is 5.60 Å². The number of unbranched alkanes of at least 4 members (excludes halogenated alkanes) is 1. The van der Waals surface area contributed by atoms with Crippen LogP contribution in [0.5, 0.6) is 0 Å². The van der Waals surface area contributed by atoms with Gasteiger partial charge >= 0.3 is 6.09 Å². The molecule has 5 nitrogen and oxygen atoms in total. The van der Waals surface area contributed by atoms with Crippen LogP contribution < -0.4 is 0 Å². The van der Waals surface area contributed by atoms with E-state index in [2.05, 4.69) is 23.8 Å². The van der Waals surface area contributed by atoms with Crippen molar-refractivity contribution in [3.63, 3.8) is 0 Å². The van der Waals surface area contributed by atoms with Crippen molar-refractivity contribution in [2.75, 3.05) is 13.1 Å². The summed E-state index contributed by atoms with van der Waals surface area (Å²) in [6, 6.07) is 0. The Morgan fingerprint density at radius 3 is 2.48 bits per heavy atom. The van der Waals surface area contributed by atoms with Crippen molar-refractivity contribution in [2.24, 2.45) is 0 Å². The Morgan fingerprint density at radius 2 is 1.96 bits per heavy atom. The number of carbonyl (C=O) groups is 1. The fourth-order valence-electron chi connectivity index (χ4n) is 2.12. The predicted molar refractivity (Wildman–Crippen MR) is 92.5 cm³/mol. The van der Waals surface area contributed by atoms with Crippen LogP contribution in [0.15, 0.2) is 12.4 Å². The van der Waals surface area contributed by atoms with E-state index in [-0.39, 0.29) is 12.0 Å². The van der Waals surface area contributed by atoms with E-state index in [1.54, 1.807) is 6.20 Å². The molecule has 1 unspecified atom stereocenters. The maximum Gasteiger partial charge on any atom is 0.410 e. The molecule has 1 amide bonds. The molecule has 1 rings (SSSR count). The summed E-state index contributed by atoms with van der Waals surface area (Å²) in [5, 5.41) is 0. The van der Waals surface area contributed by atoms with E-state index in [9.17, 15) is 4.79 Å². The van der Waals surface area contributed by atoms with Crippen LogP contribution >= 0.6 is 0 Å². The molecule has 0 saturated heterocycles. The molecule has 0 aliphatic heterocycles. The molecule has 0 saturated carbocycles. The van der Waals surface area contributed by atoms with E-state index in [0.29, 0.717) is 6.54 Å². The van der Waals surface area contributed by atoms with Crippen molar-refractivity contribution >= 4 is 6.09 Å². The zero-order valence-electron chi connectivity index (χ0n) is 15.4. The first-order valence-corrected chi connectivity index (χ1v) is 8.49. The van der Waals surface area contributed by atoms with Crippen molar-refractivity contribution < 1.29 is 9.53 Å². The van der Waals surface area contributed by atoms with Crippen molar-refractivity contribution in [1.82, 2.24) is 14.9 Å². The van der Waals surface area contributed by atoms with Crippen LogP contribution in [0, 0.1) is 6.92 Å². The number of aryl methyl sites for hydroxylation is 1. The Morgan fingerprint density at radius 1 is 1.26 bits per heavy atom. The van der Waals surface area contributed by atoms with Crippen LogP contribution in [0.1, 0.15) is 71.2 Å². The van der Waals surface area contributed by atoms with E-state index in [1.807, 2.05) is 38.8 Å². The summed E-state index contributed by atoms with van der Waals surface area (Å²) in [5.74, 6) is 0.259. The lowest BCUT2D eigenvalue weighted by molar-refractivity contribution is 0.0243. The fraction of sp³-hybridized carbons (Fsp3) is 0.722. The lowest BCUT2D eigenvalue weighted by Crippen LogP contribution is -2.38. The third-order valence-corrected chi connectivity index (χ3v) is 3.57. The van der Waals surface area contributed by atoms with E-state index in [4.69, 9.17) is 4.74 Å². The molecule has 1 atom stereocenters. The molecule has 0 N–H and O–H groups in total. The third-order valence-electron chi connectivity index (χ3n) is 3.57. The Kier molecular flexibility index (Phi) is 7.46. The summed E-state index contributed by atoms with van der Waals surface area (Å²) in [6.45, 7) is 13.3. The lowest BCUT2D eigenvalue weighted by Gasteiger charge is -2.28. The number of aromatic nitrogens is 2. The summed E-state index contributed by atoms with van der Waals surface area (Å²) >= 11 is 0. The molecular weight excluding hydrogens is 290 g/mol. The van der Waals surface area contributed by atoms with Crippen LogP contribution in [0.4, 0.5) is 4.79 Å². The Balaban J connectivity index is 2.62. The maximum absolute atomic E-state index is 12.3. The highest BCUT2D eigenvalue weighted by Gasteiger charge is 2.22. The van der Waals surface area contributed by atoms with Gasteiger partial charge in [-0.3, -0.25) is 9.97 Å². The van der Waals surface area contributed by atoms with Crippen LogP contribution in [0.2, 0.25) is 0 Å². The van der Waals surface area contributed by atoms with Crippen molar-refractivity contribution in [3.05, 3.63) is 23.8 Å². The van der Waals surface area contributed by atoms with Gasteiger partial charge in [0.2, 0.25) is 0 Å². The minimum Gasteiger partial charge on any atom is -0.444 e. The summed E-state index contributed by atoms with van der Waals surface area (Å²) in [6.07, 6.45) is 6.27. The van der Waals surface area contributed by atoms with Crippen molar-refractivity contribution in [2.45, 2.75) is 72.3 Å². The minimum atomic E-state index is -0.463. The van der Waals surface area contributed by atoms with Crippen molar-refractivity contribution in [3.8, 4) is 0 Å². The smallest absolute Gasteiger partial charge is 0.410 e. The monoisotopic (exact) mass is 321 g/mol. The Hall–Kier alpha value is -1.65. The third kappa shape index (κ3) is 7.44. The molecule has 1 heterocycles. The van der Waals surface area contributed by atoms with Gasteiger partial charge in [-0.25, -0.2) is 4.79 Å². The van der Waals surface area contributed by atoms with Crippen LogP contribution in [-0.4, -0.2) is 39.7 Å². The zero-order valence-corrected chi connectivity index (χ0v) is 15.4. The topological polar surface area (TPSA) is 55.3 Å². The second kappa shape index (κ2) is 8.85. The average Bonchev–Trinajstić information content (AvgIpc) is 2.45. The zero-order chi connectivity index (χ0) is 17.5. The predicted octanol–water partition coefficient (Wildman–Crippen LogP) is 4.32. The molecule has 0 aliphatic rings. The van der Waals surface area contributed by atoms with Gasteiger partial charge < -0.3 is 9.64 Å². The summed E-state index contributed by atoms with van der Waals surface area (Å²) < 4.78 is 5.51. The highest BCUT2D eigenvalue weighted by Crippen LogP contribution is 2.18. The van der Waals surface area contributed by atoms with Crippen LogP contribution in [-0.2, 0) is 4.74 Å². The number of hydrogen-bond acceptors (Lipinski definition) is 4. The minimum absolute atomic E-state index is 0.229. The molecular formula is C18H31N3O2. The molecule has 0 radical (unpaired) electrons. The second-order valence-electron chi connectivity index (χ2n) is 7.09.